The van der Waals surface area contributed by atoms with Crippen molar-refractivity contribution in [3.05, 3.63) is 59.0 Å². The third-order valence-corrected chi connectivity index (χ3v) is 2.86. The number of benzene rings is 1. The Morgan fingerprint density at radius 3 is 2.33 bits per heavy atom. The van der Waals surface area contributed by atoms with E-state index in [9.17, 15) is 18.0 Å². The van der Waals surface area contributed by atoms with Crippen molar-refractivity contribution in [2.75, 3.05) is 6.54 Å². The molecule has 1 amide bonds. The van der Waals surface area contributed by atoms with E-state index in [1.807, 2.05) is 0 Å². The first-order valence-electron chi connectivity index (χ1n) is 6.00. The zero-order valence-electron chi connectivity index (χ0n) is 10.7. The number of hydrogen-bond donors (Lipinski definition) is 0. The Morgan fingerprint density at radius 1 is 1.14 bits per heavy atom. The van der Waals surface area contributed by atoms with Gasteiger partial charge in [-0.05, 0) is 29.3 Å². The highest BCUT2D eigenvalue weighted by Crippen LogP contribution is 2.22. The van der Waals surface area contributed by atoms with Crippen molar-refractivity contribution in [1.82, 2.24) is 4.90 Å². The van der Waals surface area contributed by atoms with E-state index in [2.05, 4.69) is 0 Å². The number of halogens is 4. The Hall–Kier alpha value is -1.95. The Kier molecular flexibility index (Phi) is 4.57. The van der Waals surface area contributed by atoms with Gasteiger partial charge in [-0.3, -0.25) is 4.79 Å². The lowest BCUT2D eigenvalue weighted by Gasteiger charge is -2.23. The number of amides is 1. The normalized spacial score (nSPS) is 11.4. The van der Waals surface area contributed by atoms with Gasteiger partial charge in [0, 0.05) is 6.54 Å². The minimum absolute atomic E-state index is 0.0509. The molecule has 0 aliphatic heterocycles. The molecule has 0 atom stereocenters. The van der Waals surface area contributed by atoms with Gasteiger partial charge in [0.25, 0.3) is 5.91 Å². The quantitative estimate of drug-likeness (QED) is 0.849. The molecular weight excluding hydrogens is 307 g/mol. The maximum absolute atomic E-state index is 12.6. The van der Waals surface area contributed by atoms with Gasteiger partial charge in [0.1, 0.15) is 6.54 Å². The molecule has 0 N–H and O–H groups in total. The van der Waals surface area contributed by atoms with Crippen LogP contribution in [0.4, 0.5) is 13.2 Å². The van der Waals surface area contributed by atoms with Gasteiger partial charge in [-0.15, -0.1) is 0 Å². The smallest absolute Gasteiger partial charge is 0.406 e. The predicted molar refractivity (Wildman–Crippen MR) is 71.0 cm³/mol. The second kappa shape index (κ2) is 6.22. The van der Waals surface area contributed by atoms with Crippen LogP contribution in [0.25, 0.3) is 0 Å². The summed E-state index contributed by atoms with van der Waals surface area (Å²) in [4.78, 5) is 12.8. The predicted octanol–water partition coefficient (Wildman–Crippen LogP) is 4.14. The summed E-state index contributed by atoms with van der Waals surface area (Å²) in [7, 11) is 0. The van der Waals surface area contributed by atoms with Crippen LogP contribution >= 0.6 is 11.6 Å². The number of carbonyl (C=O) groups excluding carboxylic acids is 1. The molecule has 21 heavy (non-hydrogen) atoms. The maximum atomic E-state index is 12.6. The fourth-order valence-electron chi connectivity index (χ4n) is 1.80. The minimum atomic E-state index is -4.50. The molecule has 0 saturated carbocycles. The SMILES string of the molecule is O=C(c1ccc(Cl)o1)N(Cc1ccccc1)CC(F)(F)F. The van der Waals surface area contributed by atoms with Crippen LogP contribution in [0, 0.1) is 0 Å². The summed E-state index contributed by atoms with van der Waals surface area (Å²) in [6.45, 7) is -1.53. The standard InChI is InChI=1S/C14H11ClF3NO2/c15-12-7-6-11(21-12)13(20)19(9-14(16,17)18)8-10-4-2-1-3-5-10/h1-7H,8-9H2. The Labute approximate surface area is 123 Å². The summed E-state index contributed by atoms with van der Waals surface area (Å²) in [6.07, 6.45) is -4.50. The second-order valence-electron chi connectivity index (χ2n) is 4.37. The molecule has 0 unspecified atom stereocenters. The molecule has 1 aromatic carbocycles. The molecule has 0 aliphatic carbocycles. The van der Waals surface area contributed by atoms with Crippen LogP contribution in [0.3, 0.4) is 0 Å². The molecule has 0 spiro atoms. The molecule has 0 aliphatic rings. The van der Waals surface area contributed by atoms with Crippen molar-refractivity contribution in [2.24, 2.45) is 0 Å². The Bertz CT molecular complexity index is 610. The van der Waals surface area contributed by atoms with E-state index in [0.717, 1.165) is 0 Å². The summed E-state index contributed by atoms with van der Waals surface area (Å²) < 4.78 is 42.8. The zero-order chi connectivity index (χ0) is 15.5. The second-order valence-corrected chi connectivity index (χ2v) is 4.74. The maximum Gasteiger partial charge on any atom is 0.406 e. The van der Waals surface area contributed by atoms with Crippen LogP contribution in [0.5, 0.6) is 0 Å². The summed E-state index contributed by atoms with van der Waals surface area (Å²) in [5.41, 5.74) is 0.591. The van der Waals surface area contributed by atoms with Crippen LogP contribution < -0.4 is 0 Å². The molecule has 112 valence electrons. The first-order chi connectivity index (χ1) is 9.85. The van der Waals surface area contributed by atoms with Crippen LogP contribution in [-0.2, 0) is 6.54 Å². The van der Waals surface area contributed by atoms with E-state index in [-0.39, 0.29) is 17.5 Å². The molecule has 3 nitrogen and oxygen atoms in total. The van der Waals surface area contributed by atoms with E-state index >= 15 is 0 Å². The third-order valence-electron chi connectivity index (χ3n) is 2.66. The van der Waals surface area contributed by atoms with Gasteiger partial charge in [-0.2, -0.15) is 13.2 Å². The fourth-order valence-corrected chi connectivity index (χ4v) is 1.95. The highest BCUT2D eigenvalue weighted by Gasteiger charge is 2.34. The van der Waals surface area contributed by atoms with Crippen molar-refractivity contribution in [1.29, 1.82) is 0 Å². The lowest BCUT2D eigenvalue weighted by atomic mass is 10.2. The molecule has 1 heterocycles. The van der Waals surface area contributed by atoms with E-state index in [1.54, 1.807) is 30.3 Å². The van der Waals surface area contributed by atoms with Crippen LogP contribution in [-0.4, -0.2) is 23.5 Å². The van der Waals surface area contributed by atoms with E-state index in [4.69, 9.17) is 16.0 Å². The van der Waals surface area contributed by atoms with Gasteiger partial charge < -0.3 is 9.32 Å². The number of hydrogen-bond acceptors (Lipinski definition) is 2. The molecular formula is C14H11ClF3NO2. The van der Waals surface area contributed by atoms with Gasteiger partial charge in [0.2, 0.25) is 0 Å². The monoisotopic (exact) mass is 317 g/mol. The molecule has 2 rings (SSSR count). The summed E-state index contributed by atoms with van der Waals surface area (Å²) in [6, 6.07) is 11.0. The fraction of sp³-hybridized carbons (Fsp3) is 0.214. The number of carbonyl (C=O) groups is 1. The number of rotatable bonds is 4. The zero-order valence-corrected chi connectivity index (χ0v) is 11.5. The van der Waals surface area contributed by atoms with Crippen molar-refractivity contribution in [3.8, 4) is 0 Å². The van der Waals surface area contributed by atoms with Crippen LogP contribution in [0.15, 0.2) is 46.9 Å². The van der Waals surface area contributed by atoms with E-state index < -0.39 is 18.6 Å². The van der Waals surface area contributed by atoms with Crippen LogP contribution in [0.2, 0.25) is 5.22 Å². The molecule has 2 aromatic rings. The Balaban J connectivity index is 2.21. The highest BCUT2D eigenvalue weighted by atomic mass is 35.5. The summed E-state index contributed by atoms with van der Waals surface area (Å²) >= 11 is 5.54. The summed E-state index contributed by atoms with van der Waals surface area (Å²) in [5, 5.41) is -0.0509. The molecule has 1 aromatic heterocycles. The Morgan fingerprint density at radius 2 is 1.81 bits per heavy atom. The van der Waals surface area contributed by atoms with Gasteiger partial charge in [0.15, 0.2) is 11.0 Å². The lowest BCUT2D eigenvalue weighted by Crippen LogP contribution is -2.38. The average molecular weight is 318 g/mol. The van der Waals surface area contributed by atoms with Gasteiger partial charge in [-0.25, -0.2) is 0 Å². The van der Waals surface area contributed by atoms with Crippen LogP contribution in [0.1, 0.15) is 16.1 Å². The molecule has 0 bridgehead atoms. The first-order valence-corrected chi connectivity index (χ1v) is 6.38. The molecule has 7 heteroatoms. The molecule has 0 fully saturated rings. The number of alkyl halides is 3. The number of furan rings is 1. The van der Waals surface area contributed by atoms with Crippen molar-refractivity contribution < 1.29 is 22.4 Å². The molecule has 0 radical (unpaired) electrons. The van der Waals surface area contributed by atoms with E-state index in [0.29, 0.717) is 10.5 Å². The van der Waals surface area contributed by atoms with Gasteiger partial charge >= 0.3 is 6.18 Å². The minimum Gasteiger partial charge on any atom is -0.440 e. The van der Waals surface area contributed by atoms with Crippen molar-refractivity contribution in [3.63, 3.8) is 0 Å². The largest absolute Gasteiger partial charge is 0.440 e. The average Bonchev–Trinajstić information content (AvgIpc) is 2.83. The number of nitrogens with zero attached hydrogens (tertiary/aromatic N) is 1. The van der Waals surface area contributed by atoms with Crippen molar-refractivity contribution in [2.45, 2.75) is 12.7 Å². The topological polar surface area (TPSA) is 33.5 Å². The highest BCUT2D eigenvalue weighted by molar-refractivity contribution is 6.29. The molecule has 0 saturated heterocycles. The first kappa shape index (κ1) is 15.4. The summed E-state index contributed by atoms with van der Waals surface area (Å²) in [5.74, 6) is -1.08. The van der Waals surface area contributed by atoms with Crippen molar-refractivity contribution >= 4 is 17.5 Å². The lowest BCUT2D eigenvalue weighted by molar-refractivity contribution is -0.141. The van der Waals surface area contributed by atoms with Gasteiger partial charge in [0.05, 0.1) is 0 Å². The van der Waals surface area contributed by atoms with Gasteiger partial charge in [-0.1, -0.05) is 30.3 Å². The van der Waals surface area contributed by atoms with E-state index in [1.165, 1.54) is 12.1 Å². The third kappa shape index (κ3) is 4.53.